The van der Waals surface area contributed by atoms with Crippen LogP contribution < -0.4 is 11.1 Å². The highest BCUT2D eigenvalue weighted by molar-refractivity contribution is 5.82. The molecular weight excluding hydrogens is 470 g/mol. The Morgan fingerprint density at radius 1 is 1.19 bits per heavy atom. The molecule has 0 bridgehead atoms. The van der Waals surface area contributed by atoms with Gasteiger partial charge in [0.1, 0.15) is 5.65 Å². The Hall–Kier alpha value is -3.97. The van der Waals surface area contributed by atoms with E-state index in [2.05, 4.69) is 33.3 Å². The smallest absolute Gasteiger partial charge is 0.311 e. The zero-order valence-corrected chi connectivity index (χ0v) is 20.9. The lowest BCUT2D eigenvalue weighted by molar-refractivity contribution is -0.159. The number of carbonyl (C=O) groups excluding carboxylic acids is 1. The van der Waals surface area contributed by atoms with Crippen molar-refractivity contribution in [3.05, 3.63) is 48.3 Å². The molecule has 192 valence electrons. The maximum Gasteiger partial charge on any atom is 0.311 e. The van der Waals surface area contributed by atoms with Gasteiger partial charge < -0.3 is 25.6 Å². The van der Waals surface area contributed by atoms with Crippen molar-refractivity contribution in [2.75, 3.05) is 25.5 Å². The number of likely N-dealkylation sites (tertiary alicyclic amines) is 1. The first-order valence-electron chi connectivity index (χ1n) is 12.6. The summed E-state index contributed by atoms with van der Waals surface area (Å²) in [6.45, 7) is 1.78. The Labute approximate surface area is 215 Å². The van der Waals surface area contributed by atoms with E-state index in [9.17, 15) is 20.0 Å². The molecule has 2 fully saturated rings. The summed E-state index contributed by atoms with van der Waals surface area (Å²) in [4.78, 5) is 35.5. The molecular formula is C27H31N7O3. The summed E-state index contributed by atoms with van der Waals surface area (Å²) in [5, 5.41) is 23.9. The molecule has 0 spiro atoms. The zero-order valence-electron chi connectivity index (χ0n) is 20.9. The van der Waals surface area contributed by atoms with E-state index < -0.39 is 28.7 Å². The number of carboxylic acid groups (broad SMARTS) is 1. The topological polar surface area (TPSA) is 150 Å². The molecule has 1 aliphatic carbocycles. The van der Waals surface area contributed by atoms with Crippen LogP contribution in [0.1, 0.15) is 50.1 Å². The highest BCUT2D eigenvalue weighted by atomic mass is 16.4. The average Bonchev–Trinajstić information content (AvgIpc) is 3.27. The molecule has 1 amide bonds. The first-order valence-corrected chi connectivity index (χ1v) is 12.6. The number of benzene rings is 1. The molecule has 4 N–H and O–H groups in total. The number of anilines is 2. The fourth-order valence-corrected chi connectivity index (χ4v) is 5.71. The number of nitrogens with two attached hydrogens (primary N) is 1. The van der Waals surface area contributed by atoms with Crippen molar-refractivity contribution in [1.29, 1.82) is 5.26 Å². The van der Waals surface area contributed by atoms with Crippen LogP contribution in [0.5, 0.6) is 0 Å². The van der Waals surface area contributed by atoms with Crippen LogP contribution >= 0.6 is 0 Å². The summed E-state index contributed by atoms with van der Waals surface area (Å²) < 4.78 is 1.76. The van der Waals surface area contributed by atoms with Gasteiger partial charge in [-0.25, -0.2) is 4.98 Å². The molecule has 1 aliphatic heterocycles. The van der Waals surface area contributed by atoms with E-state index in [1.54, 1.807) is 17.0 Å². The van der Waals surface area contributed by atoms with Crippen molar-refractivity contribution < 1.29 is 14.7 Å². The average molecular weight is 502 g/mol. The van der Waals surface area contributed by atoms with Crippen LogP contribution in [-0.4, -0.2) is 56.6 Å². The summed E-state index contributed by atoms with van der Waals surface area (Å²) in [5.41, 5.74) is 6.34. The predicted molar refractivity (Wildman–Crippen MR) is 138 cm³/mol. The quantitative estimate of drug-likeness (QED) is 0.425. The van der Waals surface area contributed by atoms with Crippen LogP contribution in [0.2, 0.25) is 0 Å². The third-order valence-corrected chi connectivity index (χ3v) is 8.24. The maximum absolute atomic E-state index is 12.2. The molecule has 1 atom stereocenters. The SMILES string of the molecule is CN1CCC(C#N)(c2ccc(Nc3ncc4ccn(C(CC(N)=O)C5(C(=O)O)CCC5)c4n3)cc2)CC1. The molecule has 5 rings (SSSR count). The fraction of sp³-hybridized carbons (Fsp3) is 0.444. The Morgan fingerprint density at radius 2 is 1.89 bits per heavy atom. The molecule has 1 unspecified atom stereocenters. The minimum absolute atomic E-state index is 0.0826. The molecule has 1 aromatic carbocycles. The number of amides is 1. The summed E-state index contributed by atoms with van der Waals surface area (Å²) in [6, 6.07) is 11.5. The lowest BCUT2D eigenvalue weighted by Gasteiger charge is -2.44. The van der Waals surface area contributed by atoms with Crippen molar-refractivity contribution in [2.24, 2.45) is 11.1 Å². The second-order valence-corrected chi connectivity index (χ2v) is 10.4. The third kappa shape index (κ3) is 4.40. The number of nitrogens with zero attached hydrogens (tertiary/aromatic N) is 5. The largest absolute Gasteiger partial charge is 0.481 e. The molecule has 1 saturated carbocycles. The van der Waals surface area contributed by atoms with E-state index in [0.717, 1.165) is 49.0 Å². The van der Waals surface area contributed by atoms with E-state index in [4.69, 9.17) is 5.73 Å². The van der Waals surface area contributed by atoms with Crippen LogP contribution in [0.4, 0.5) is 11.6 Å². The van der Waals surface area contributed by atoms with E-state index in [1.807, 2.05) is 30.3 Å². The summed E-state index contributed by atoms with van der Waals surface area (Å²) >= 11 is 0. The first kappa shape index (κ1) is 24.7. The van der Waals surface area contributed by atoms with Crippen LogP contribution in [0.15, 0.2) is 42.7 Å². The lowest BCUT2D eigenvalue weighted by Crippen LogP contribution is -2.46. The van der Waals surface area contributed by atoms with Gasteiger partial charge in [-0.1, -0.05) is 18.6 Å². The number of aromatic nitrogens is 3. The number of carboxylic acids is 1. The van der Waals surface area contributed by atoms with Gasteiger partial charge in [0.2, 0.25) is 11.9 Å². The number of hydrogen-bond acceptors (Lipinski definition) is 7. The number of fused-ring (bicyclic) bond motifs is 1. The minimum Gasteiger partial charge on any atom is -0.481 e. The van der Waals surface area contributed by atoms with E-state index in [-0.39, 0.29) is 6.42 Å². The van der Waals surface area contributed by atoms with Gasteiger partial charge in [-0.15, -0.1) is 0 Å². The van der Waals surface area contributed by atoms with Gasteiger partial charge in [-0.3, -0.25) is 9.59 Å². The van der Waals surface area contributed by atoms with E-state index >= 15 is 0 Å². The minimum atomic E-state index is -1.04. The summed E-state index contributed by atoms with van der Waals surface area (Å²) in [7, 11) is 2.07. The van der Waals surface area contributed by atoms with Crippen molar-refractivity contribution in [2.45, 2.75) is 50.0 Å². The number of nitriles is 1. The second kappa shape index (κ2) is 9.48. The number of carbonyl (C=O) groups is 2. The Bertz CT molecular complexity index is 1360. The van der Waals surface area contributed by atoms with E-state index in [0.29, 0.717) is 24.4 Å². The Kier molecular flexibility index (Phi) is 6.33. The van der Waals surface area contributed by atoms with Gasteiger partial charge in [0.05, 0.1) is 22.9 Å². The Balaban J connectivity index is 1.42. The van der Waals surface area contributed by atoms with Crippen molar-refractivity contribution in [1.82, 2.24) is 19.4 Å². The highest BCUT2D eigenvalue weighted by Gasteiger charge is 2.52. The van der Waals surface area contributed by atoms with Gasteiger partial charge in [-0.2, -0.15) is 10.2 Å². The first-order chi connectivity index (χ1) is 17.8. The van der Waals surface area contributed by atoms with Crippen LogP contribution in [-0.2, 0) is 15.0 Å². The summed E-state index contributed by atoms with van der Waals surface area (Å²) in [5.74, 6) is -1.11. The summed E-state index contributed by atoms with van der Waals surface area (Å²) in [6.07, 6.45) is 6.72. The van der Waals surface area contributed by atoms with Crippen LogP contribution in [0.3, 0.4) is 0 Å². The normalized spacial score (nSPS) is 19.5. The van der Waals surface area contributed by atoms with Crippen LogP contribution in [0, 0.1) is 16.7 Å². The van der Waals surface area contributed by atoms with E-state index in [1.165, 1.54) is 0 Å². The van der Waals surface area contributed by atoms with Crippen LogP contribution in [0.25, 0.3) is 11.0 Å². The lowest BCUT2D eigenvalue weighted by atomic mass is 9.63. The number of piperidine rings is 1. The second-order valence-electron chi connectivity index (χ2n) is 10.4. The van der Waals surface area contributed by atoms with Crippen molar-refractivity contribution in [3.8, 4) is 6.07 Å². The molecule has 2 aromatic heterocycles. The molecule has 1 saturated heterocycles. The van der Waals surface area contributed by atoms with Crippen molar-refractivity contribution >= 4 is 34.5 Å². The molecule has 37 heavy (non-hydrogen) atoms. The fourth-order valence-electron chi connectivity index (χ4n) is 5.71. The molecule has 3 heterocycles. The third-order valence-electron chi connectivity index (χ3n) is 8.24. The number of hydrogen-bond donors (Lipinski definition) is 3. The number of primary amides is 1. The highest BCUT2D eigenvalue weighted by Crippen LogP contribution is 2.51. The van der Waals surface area contributed by atoms with Gasteiger partial charge in [0.25, 0.3) is 0 Å². The monoisotopic (exact) mass is 501 g/mol. The number of nitrogens with one attached hydrogen (secondary N) is 1. The molecule has 10 heteroatoms. The van der Waals surface area contributed by atoms with Gasteiger partial charge in [0.15, 0.2) is 0 Å². The molecule has 2 aliphatic rings. The molecule has 3 aromatic rings. The predicted octanol–water partition coefficient (Wildman–Crippen LogP) is 3.33. The van der Waals surface area contributed by atoms with Gasteiger partial charge in [-0.05, 0) is 69.6 Å². The van der Waals surface area contributed by atoms with Gasteiger partial charge in [0, 0.05) is 29.9 Å². The number of rotatable bonds is 8. The van der Waals surface area contributed by atoms with Crippen molar-refractivity contribution in [3.63, 3.8) is 0 Å². The van der Waals surface area contributed by atoms with Gasteiger partial charge >= 0.3 is 5.97 Å². The molecule has 10 nitrogen and oxygen atoms in total. The standard InChI is InChI=1S/C27H31N7O3/c1-33-13-10-26(17-28,11-14-33)19-3-5-20(6-4-19)31-25-30-16-18-7-12-34(23(18)32-25)21(15-22(29)35)27(24(36)37)8-2-9-27/h3-7,12,16,21H,2,8-11,13-15H2,1H3,(H2,29,35)(H,36,37)(H,30,31,32). The zero-order chi connectivity index (χ0) is 26.2. The number of aliphatic carboxylic acids is 1. The molecule has 0 radical (unpaired) electrons. The Morgan fingerprint density at radius 3 is 2.46 bits per heavy atom. The maximum atomic E-state index is 12.2.